The molecule has 1 aliphatic rings. The number of hydrogen-bond acceptors (Lipinski definition) is 7. The summed E-state index contributed by atoms with van der Waals surface area (Å²) in [6, 6.07) is 0.534. The highest BCUT2D eigenvalue weighted by Crippen LogP contribution is 2.37. The van der Waals surface area contributed by atoms with Crippen LogP contribution in [-0.4, -0.2) is 75.7 Å². The highest BCUT2D eigenvalue weighted by Gasteiger charge is 2.42. The minimum Gasteiger partial charge on any atom is -0.389 e. The number of rotatable bonds is 8. The predicted molar refractivity (Wildman–Crippen MR) is 141 cm³/mol. The van der Waals surface area contributed by atoms with Gasteiger partial charge in [0.25, 0.3) is 18.3 Å². The van der Waals surface area contributed by atoms with Gasteiger partial charge < -0.3 is 20.6 Å². The summed E-state index contributed by atoms with van der Waals surface area (Å²) < 4.78 is 88.8. The zero-order chi connectivity index (χ0) is 31.8. The number of nitrogens with one attached hydrogen (secondary N) is 2. The van der Waals surface area contributed by atoms with Crippen molar-refractivity contribution in [2.24, 2.45) is 0 Å². The summed E-state index contributed by atoms with van der Waals surface area (Å²) in [6.07, 6.45) is -6.20. The first-order valence-electron chi connectivity index (χ1n) is 12.5. The van der Waals surface area contributed by atoms with E-state index in [0.29, 0.717) is 12.1 Å². The molecule has 232 valence electrons. The summed E-state index contributed by atoms with van der Waals surface area (Å²) in [4.78, 5) is 31.5. The average Bonchev–Trinajstić information content (AvgIpc) is 3.39. The fourth-order valence-electron chi connectivity index (χ4n) is 3.42. The summed E-state index contributed by atoms with van der Waals surface area (Å²) in [5, 5.41) is 14.1. The SMILES string of the molecule is CC.CC1CC(F)(F)CN1C=O.Cc1nc(C(=O)NCC(C)(C)O)sc1-c1cnc(NCC(F)(F)F)cc1C(F)F. The molecule has 2 aromatic heterocycles. The van der Waals surface area contributed by atoms with Crippen molar-refractivity contribution in [2.75, 3.05) is 25.0 Å². The van der Waals surface area contributed by atoms with Crippen molar-refractivity contribution in [1.82, 2.24) is 20.2 Å². The molecule has 1 fully saturated rings. The van der Waals surface area contributed by atoms with Gasteiger partial charge in [0.15, 0.2) is 5.01 Å². The summed E-state index contributed by atoms with van der Waals surface area (Å²) in [7, 11) is 0. The van der Waals surface area contributed by atoms with Crippen LogP contribution in [0.1, 0.15) is 68.5 Å². The van der Waals surface area contributed by atoms with Crippen molar-refractivity contribution in [2.45, 2.75) is 78.1 Å². The van der Waals surface area contributed by atoms with Crippen LogP contribution in [0.5, 0.6) is 0 Å². The number of anilines is 1. The molecule has 3 rings (SSSR count). The van der Waals surface area contributed by atoms with Gasteiger partial charge in [0.2, 0.25) is 6.41 Å². The van der Waals surface area contributed by atoms with Crippen molar-refractivity contribution in [1.29, 1.82) is 0 Å². The van der Waals surface area contributed by atoms with E-state index < -0.39 is 48.7 Å². The normalized spacial score (nSPS) is 16.4. The van der Waals surface area contributed by atoms with E-state index in [1.165, 1.54) is 20.8 Å². The van der Waals surface area contributed by atoms with Crippen molar-refractivity contribution >= 4 is 29.5 Å². The van der Waals surface area contributed by atoms with Crippen LogP contribution in [0.15, 0.2) is 12.3 Å². The Balaban J connectivity index is 0.000000584. The van der Waals surface area contributed by atoms with E-state index >= 15 is 0 Å². The first kappa shape index (κ1) is 36.0. The molecule has 41 heavy (non-hydrogen) atoms. The molecule has 2 amide bonds. The highest BCUT2D eigenvalue weighted by molar-refractivity contribution is 7.17. The number of nitrogens with zero attached hydrogens (tertiary/aromatic N) is 3. The molecule has 0 aliphatic carbocycles. The van der Waals surface area contributed by atoms with Gasteiger partial charge in [-0.1, -0.05) is 13.8 Å². The van der Waals surface area contributed by atoms with Crippen molar-refractivity contribution in [3.05, 3.63) is 28.5 Å². The third kappa shape index (κ3) is 11.8. The minimum absolute atomic E-state index is 0.00115. The lowest BCUT2D eigenvalue weighted by molar-refractivity contribution is -0.119. The molecule has 0 aromatic carbocycles. The zero-order valence-electron chi connectivity index (χ0n) is 23.4. The van der Waals surface area contributed by atoms with Crippen LogP contribution in [0.4, 0.5) is 36.6 Å². The molecule has 0 bridgehead atoms. The number of halogens is 7. The van der Waals surface area contributed by atoms with E-state index in [1.54, 1.807) is 6.92 Å². The number of aliphatic hydroxyl groups is 1. The van der Waals surface area contributed by atoms with E-state index in [9.17, 15) is 45.4 Å². The zero-order valence-corrected chi connectivity index (χ0v) is 24.2. The van der Waals surface area contributed by atoms with Gasteiger partial charge in [-0.05, 0) is 33.8 Å². The Bertz CT molecular complexity index is 1150. The number of thiazole rings is 1. The van der Waals surface area contributed by atoms with E-state index in [-0.39, 0.29) is 40.3 Å². The largest absolute Gasteiger partial charge is 0.405 e. The van der Waals surface area contributed by atoms with Crippen LogP contribution in [0.2, 0.25) is 0 Å². The molecule has 1 atom stereocenters. The molecule has 0 saturated carbocycles. The first-order valence-corrected chi connectivity index (χ1v) is 13.3. The van der Waals surface area contributed by atoms with E-state index in [1.807, 2.05) is 19.2 Å². The van der Waals surface area contributed by atoms with E-state index in [2.05, 4.69) is 15.3 Å². The van der Waals surface area contributed by atoms with Crippen LogP contribution in [0.25, 0.3) is 10.4 Å². The predicted octanol–water partition coefficient (Wildman–Crippen LogP) is 5.82. The van der Waals surface area contributed by atoms with Gasteiger partial charge in [-0.3, -0.25) is 9.59 Å². The first-order chi connectivity index (χ1) is 18.8. The fraction of sp³-hybridized carbons (Fsp3) is 0.600. The van der Waals surface area contributed by atoms with Crippen LogP contribution in [0, 0.1) is 6.92 Å². The Morgan fingerprint density at radius 1 is 1.27 bits per heavy atom. The Morgan fingerprint density at radius 2 is 1.88 bits per heavy atom. The van der Waals surface area contributed by atoms with Crippen molar-refractivity contribution in [3.8, 4) is 10.4 Å². The number of hydrogen-bond donors (Lipinski definition) is 3. The monoisotopic (exact) mass is 617 g/mol. The molecule has 16 heteroatoms. The summed E-state index contributed by atoms with van der Waals surface area (Å²) in [6.45, 7) is 8.27. The molecule has 1 aliphatic heterocycles. The second-order valence-electron chi connectivity index (χ2n) is 9.54. The Labute approximate surface area is 237 Å². The number of pyridine rings is 1. The number of aryl methyl sites for hydroxylation is 1. The second kappa shape index (κ2) is 14.8. The maximum absolute atomic E-state index is 13.5. The standard InChI is InChI=1S/C17H19F5N4O2S.C6H9F2NO.C2H6/c1-8-12(29-15(26-8)14(27)25-6-16(2,3)28)10-5-23-11(4-9(10)13(18)19)24-7-17(20,21)22;1-5-2-6(7,8)3-9(5)4-10;1-2/h4-5,13,28H,6-7H2,1-3H3,(H,23,24)(H,25,27);4-5H,2-3H2,1H3;1-2H3. The summed E-state index contributed by atoms with van der Waals surface area (Å²) in [5.41, 5.74) is -1.39. The lowest BCUT2D eigenvalue weighted by Gasteiger charge is -2.16. The Hall–Kier alpha value is -3.01. The highest BCUT2D eigenvalue weighted by atomic mass is 32.1. The molecule has 1 saturated heterocycles. The third-order valence-electron chi connectivity index (χ3n) is 5.27. The number of amides is 2. The van der Waals surface area contributed by atoms with Gasteiger partial charge in [0, 0.05) is 36.3 Å². The smallest absolute Gasteiger partial charge is 0.389 e. The minimum atomic E-state index is -4.52. The van der Waals surface area contributed by atoms with Gasteiger partial charge >= 0.3 is 6.18 Å². The molecule has 2 aromatic rings. The van der Waals surface area contributed by atoms with Gasteiger partial charge in [0.05, 0.1) is 22.7 Å². The van der Waals surface area contributed by atoms with Gasteiger partial charge in [-0.25, -0.2) is 27.5 Å². The van der Waals surface area contributed by atoms with Gasteiger partial charge in [-0.2, -0.15) is 13.2 Å². The number of alkyl halides is 7. The summed E-state index contributed by atoms with van der Waals surface area (Å²) in [5.74, 6) is -3.59. The number of carbonyl (C=O) groups is 2. The Morgan fingerprint density at radius 3 is 2.32 bits per heavy atom. The number of carbonyl (C=O) groups excluding carboxylic acids is 2. The topological polar surface area (TPSA) is 107 Å². The molecule has 3 N–H and O–H groups in total. The fourth-order valence-corrected chi connectivity index (χ4v) is 4.44. The molecular formula is C25H34F7N5O3S. The Kier molecular flexibility index (Phi) is 13.0. The second-order valence-corrected chi connectivity index (χ2v) is 10.5. The molecule has 0 spiro atoms. The molecule has 1 unspecified atom stereocenters. The molecule has 8 nitrogen and oxygen atoms in total. The molecule has 3 heterocycles. The van der Waals surface area contributed by atoms with Crippen molar-refractivity contribution < 1.29 is 45.4 Å². The van der Waals surface area contributed by atoms with Crippen molar-refractivity contribution in [3.63, 3.8) is 0 Å². The van der Waals surface area contributed by atoms with Crippen LogP contribution >= 0.6 is 11.3 Å². The molecular weight excluding hydrogens is 583 g/mol. The number of likely N-dealkylation sites (tertiary alicyclic amines) is 1. The van der Waals surface area contributed by atoms with Gasteiger partial charge in [-0.15, -0.1) is 11.3 Å². The van der Waals surface area contributed by atoms with E-state index in [4.69, 9.17) is 0 Å². The van der Waals surface area contributed by atoms with Crippen LogP contribution in [-0.2, 0) is 4.79 Å². The molecule has 0 radical (unpaired) electrons. The third-order valence-corrected chi connectivity index (χ3v) is 6.46. The average molecular weight is 618 g/mol. The quantitative estimate of drug-likeness (QED) is 0.255. The van der Waals surface area contributed by atoms with Gasteiger partial charge in [0.1, 0.15) is 12.4 Å². The summed E-state index contributed by atoms with van der Waals surface area (Å²) >= 11 is 0.848. The van der Waals surface area contributed by atoms with E-state index in [0.717, 1.165) is 28.5 Å². The van der Waals surface area contributed by atoms with Crippen LogP contribution < -0.4 is 10.6 Å². The van der Waals surface area contributed by atoms with Crippen LogP contribution in [0.3, 0.4) is 0 Å². The number of aromatic nitrogens is 2. The maximum atomic E-state index is 13.5. The maximum Gasteiger partial charge on any atom is 0.405 e. The lowest BCUT2D eigenvalue weighted by Crippen LogP contribution is -2.38. The lowest BCUT2D eigenvalue weighted by atomic mass is 10.1.